The zero-order valence-electron chi connectivity index (χ0n) is 9.29. The molecule has 1 aromatic heterocycles. The molecule has 1 aromatic carbocycles. The summed E-state index contributed by atoms with van der Waals surface area (Å²) in [4.78, 5) is 12.0. The van der Waals surface area contributed by atoms with E-state index in [4.69, 9.17) is 18.0 Å². The third-order valence-corrected chi connectivity index (χ3v) is 3.00. The van der Waals surface area contributed by atoms with Gasteiger partial charge in [-0.1, -0.05) is 34.9 Å². The predicted octanol–water partition coefficient (Wildman–Crippen LogP) is 1.10. The minimum Gasteiger partial charge on any atom is -0.389 e. The van der Waals surface area contributed by atoms with Crippen molar-refractivity contribution in [2.75, 3.05) is 0 Å². The predicted molar refractivity (Wildman–Crippen MR) is 73.4 cm³/mol. The first-order valence-electron chi connectivity index (χ1n) is 5.11. The van der Waals surface area contributed by atoms with E-state index in [9.17, 15) is 4.79 Å². The summed E-state index contributed by atoms with van der Waals surface area (Å²) in [5, 5.41) is 8.04. The molecule has 18 heavy (non-hydrogen) atoms. The van der Waals surface area contributed by atoms with Gasteiger partial charge in [0.2, 0.25) is 0 Å². The monoisotopic (exact) mass is 278 g/mol. The van der Waals surface area contributed by atoms with E-state index in [1.54, 1.807) is 5.38 Å². The number of aromatic nitrogens is 2. The van der Waals surface area contributed by atoms with E-state index in [0.717, 1.165) is 22.7 Å². The van der Waals surface area contributed by atoms with Crippen molar-refractivity contribution in [3.05, 3.63) is 46.5 Å². The lowest BCUT2D eigenvalue weighted by atomic mass is 10.1. The summed E-state index contributed by atoms with van der Waals surface area (Å²) in [5.74, 6) is -0.246. The number of thiocarbonyl (C=S) groups is 1. The number of amides is 1. The third kappa shape index (κ3) is 3.08. The largest absolute Gasteiger partial charge is 0.389 e. The highest BCUT2D eigenvalue weighted by atomic mass is 32.1. The number of hydrogen-bond acceptors (Lipinski definition) is 5. The number of hydrogen-bond donors (Lipinski definition) is 2. The molecule has 0 aliphatic carbocycles. The first kappa shape index (κ1) is 12.6. The Kier molecular flexibility index (Phi) is 3.96. The topological polar surface area (TPSA) is 80.9 Å². The van der Waals surface area contributed by atoms with E-state index >= 15 is 0 Å². The molecule has 2 aromatic rings. The Hall–Kier alpha value is -1.86. The normalized spacial score (nSPS) is 10.0. The van der Waals surface area contributed by atoms with Crippen molar-refractivity contribution < 1.29 is 4.79 Å². The number of nitrogens with two attached hydrogens (primary N) is 1. The van der Waals surface area contributed by atoms with Gasteiger partial charge >= 0.3 is 0 Å². The van der Waals surface area contributed by atoms with Gasteiger partial charge in [-0.25, -0.2) is 0 Å². The number of carbonyl (C=O) groups is 1. The fourth-order valence-corrected chi connectivity index (χ4v) is 1.93. The highest BCUT2D eigenvalue weighted by molar-refractivity contribution is 7.80. The van der Waals surface area contributed by atoms with Gasteiger partial charge in [0.1, 0.15) is 4.99 Å². The molecule has 1 amide bonds. The first-order chi connectivity index (χ1) is 8.66. The molecule has 5 nitrogen and oxygen atoms in total. The zero-order chi connectivity index (χ0) is 13.0. The van der Waals surface area contributed by atoms with Gasteiger partial charge in [0.25, 0.3) is 5.91 Å². The molecule has 0 spiro atoms. The summed E-state index contributed by atoms with van der Waals surface area (Å²) in [7, 11) is 0. The summed E-state index contributed by atoms with van der Waals surface area (Å²) in [6, 6.07) is 7.42. The van der Waals surface area contributed by atoms with Crippen molar-refractivity contribution >= 4 is 34.6 Å². The van der Waals surface area contributed by atoms with Crippen LogP contribution in [0.5, 0.6) is 0 Å². The molecule has 0 bridgehead atoms. The fourth-order valence-electron chi connectivity index (χ4n) is 1.37. The molecule has 1 heterocycles. The van der Waals surface area contributed by atoms with Crippen molar-refractivity contribution in [3.63, 3.8) is 0 Å². The average Bonchev–Trinajstić information content (AvgIpc) is 2.90. The van der Waals surface area contributed by atoms with Gasteiger partial charge in [0, 0.05) is 17.5 Å². The van der Waals surface area contributed by atoms with Crippen molar-refractivity contribution in [2.24, 2.45) is 5.73 Å². The van der Waals surface area contributed by atoms with Crippen LogP contribution in [0.3, 0.4) is 0 Å². The Morgan fingerprint density at radius 3 is 3.00 bits per heavy atom. The van der Waals surface area contributed by atoms with Gasteiger partial charge in [-0.05, 0) is 23.2 Å². The molecular formula is C11H10N4OS2. The van der Waals surface area contributed by atoms with Crippen LogP contribution in [0.1, 0.15) is 21.6 Å². The molecule has 7 heteroatoms. The van der Waals surface area contributed by atoms with Crippen LogP contribution >= 0.6 is 23.8 Å². The molecule has 0 aliphatic rings. The molecule has 92 valence electrons. The zero-order valence-corrected chi connectivity index (χ0v) is 10.9. The van der Waals surface area contributed by atoms with Crippen molar-refractivity contribution in [2.45, 2.75) is 6.54 Å². The van der Waals surface area contributed by atoms with Crippen LogP contribution in [0.15, 0.2) is 29.6 Å². The summed E-state index contributed by atoms with van der Waals surface area (Å²) >= 11 is 6.04. The fraction of sp³-hybridized carbons (Fsp3) is 0.0909. The highest BCUT2D eigenvalue weighted by Crippen LogP contribution is 2.05. The highest BCUT2D eigenvalue weighted by Gasteiger charge is 2.08. The maximum absolute atomic E-state index is 11.6. The quantitative estimate of drug-likeness (QED) is 0.819. The maximum Gasteiger partial charge on any atom is 0.273 e. The maximum atomic E-state index is 11.6. The Labute approximate surface area is 113 Å². The van der Waals surface area contributed by atoms with E-state index in [-0.39, 0.29) is 5.91 Å². The molecule has 0 unspecified atom stereocenters. The molecular weight excluding hydrogens is 268 g/mol. The lowest BCUT2D eigenvalue weighted by Crippen LogP contribution is -2.23. The van der Waals surface area contributed by atoms with E-state index in [2.05, 4.69) is 14.9 Å². The standard InChI is InChI=1S/C11H10N4OS2/c12-10(17)8-3-1-2-7(4-8)5-13-11(16)9-6-18-15-14-9/h1-4,6H,5H2,(H2,12,17)(H,13,16). The van der Waals surface area contributed by atoms with Gasteiger partial charge < -0.3 is 11.1 Å². The van der Waals surface area contributed by atoms with Gasteiger partial charge in [-0.2, -0.15) is 0 Å². The van der Waals surface area contributed by atoms with Crippen LogP contribution in [-0.4, -0.2) is 20.5 Å². The number of benzene rings is 1. The molecule has 0 saturated carbocycles. The number of nitrogens with one attached hydrogen (secondary N) is 1. The van der Waals surface area contributed by atoms with Crippen LogP contribution in [0.25, 0.3) is 0 Å². The van der Waals surface area contributed by atoms with E-state index in [1.807, 2.05) is 24.3 Å². The second-order valence-corrected chi connectivity index (χ2v) is 4.59. The molecule has 0 aliphatic heterocycles. The summed E-state index contributed by atoms with van der Waals surface area (Å²) < 4.78 is 3.63. The third-order valence-electron chi connectivity index (χ3n) is 2.26. The van der Waals surface area contributed by atoms with E-state index in [0.29, 0.717) is 17.2 Å². The number of nitrogens with zero attached hydrogens (tertiary/aromatic N) is 2. The van der Waals surface area contributed by atoms with Gasteiger partial charge in [-0.15, -0.1) is 5.10 Å². The molecule has 0 fully saturated rings. The van der Waals surface area contributed by atoms with Gasteiger partial charge in [-0.3, -0.25) is 4.79 Å². The van der Waals surface area contributed by atoms with E-state index < -0.39 is 0 Å². The molecule has 0 saturated heterocycles. The van der Waals surface area contributed by atoms with Crippen molar-refractivity contribution in [1.29, 1.82) is 0 Å². The molecule has 2 rings (SSSR count). The Morgan fingerprint density at radius 2 is 2.33 bits per heavy atom. The van der Waals surface area contributed by atoms with E-state index in [1.165, 1.54) is 0 Å². The Balaban J connectivity index is 2.00. The summed E-state index contributed by atoms with van der Waals surface area (Å²) in [5.41, 5.74) is 7.58. The van der Waals surface area contributed by atoms with Crippen molar-refractivity contribution in [1.82, 2.24) is 14.9 Å². The van der Waals surface area contributed by atoms with Crippen LogP contribution in [0.2, 0.25) is 0 Å². The molecule has 3 N–H and O–H groups in total. The lowest BCUT2D eigenvalue weighted by molar-refractivity contribution is 0.0946. The van der Waals surface area contributed by atoms with Crippen LogP contribution < -0.4 is 11.1 Å². The second kappa shape index (κ2) is 5.65. The van der Waals surface area contributed by atoms with Crippen LogP contribution in [-0.2, 0) is 6.54 Å². The number of rotatable bonds is 4. The minimum atomic E-state index is -0.246. The molecule has 0 radical (unpaired) electrons. The van der Waals surface area contributed by atoms with Crippen LogP contribution in [0, 0.1) is 0 Å². The first-order valence-corrected chi connectivity index (χ1v) is 6.35. The van der Waals surface area contributed by atoms with Gasteiger partial charge in [0.05, 0.1) is 0 Å². The Bertz CT molecular complexity index is 568. The van der Waals surface area contributed by atoms with Crippen molar-refractivity contribution in [3.8, 4) is 0 Å². The lowest BCUT2D eigenvalue weighted by Gasteiger charge is -2.05. The summed E-state index contributed by atoms with van der Waals surface area (Å²) in [6.45, 7) is 0.396. The second-order valence-electron chi connectivity index (χ2n) is 3.54. The average molecular weight is 278 g/mol. The molecule has 0 atom stereocenters. The van der Waals surface area contributed by atoms with Crippen LogP contribution in [0.4, 0.5) is 0 Å². The van der Waals surface area contributed by atoms with Gasteiger partial charge in [0.15, 0.2) is 5.69 Å². The summed E-state index contributed by atoms with van der Waals surface area (Å²) in [6.07, 6.45) is 0. The number of carbonyl (C=O) groups excluding carboxylic acids is 1. The minimum absolute atomic E-state index is 0.246. The Morgan fingerprint density at radius 1 is 1.50 bits per heavy atom. The smallest absolute Gasteiger partial charge is 0.273 e. The SMILES string of the molecule is NC(=S)c1cccc(CNC(=O)c2csnn2)c1.